The molecule has 0 bridgehead atoms. The third-order valence-electron chi connectivity index (χ3n) is 4.57. The minimum atomic E-state index is 0.0183. The van der Waals surface area contributed by atoms with Crippen LogP contribution in [0.2, 0.25) is 0 Å². The molecule has 4 rings (SSSR count). The number of benzene rings is 1. The van der Waals surface area contributed by atoms with Crippen molar-refractivity contribution < 1.29 is 4.79 Å². The average Bonchev–Trinajstić information content (AvgIpc) is 3.31. The van der Waals surface area contributed by atoms with Gasteiger partial charge in [-0.3, -0.25) is 9.89 Å². The second kappa shape index (κ2) is 6.76. The van der Waals surface area contributed by atoms with Gasteiger partial charge in [-0.25, -0.2) is 9.97 Å². The van der Waals surface area contributed by atoms with Gasteiger partial charge in [0, 0.05) is 19.0 Å². The van der Waals surface area contributed by atoms with Crippen LogP contribution in [-0.2, 0) is 0 Å². The number of thiazole rings is 1. The second-order valence-corrected chi connectivity index (χ2v) is 7.10. The number of aromatic nitrogens is 4. The lowest BCUT2D eigenvalue weighted by Crippen LogP contribution is -2.38. The molecule has 2 aromatic heterocycles. The summed E-state index contributed by atoms with van der Waals surface area (Å²) in [7, 11) is 0. The molecule has 1 aliphatic heterocycles. The van der Waals surface area contributed by atoms with E-state index in [0.29, 0.717) is 24.7 Å². The van der Waals surface area contributed by atoms with Gasteiger partial charge in [0.25, 0.3) is 5.91 Å². The maximum absolute atomic E-state index is 12.9. The maximum Gasteiger partial charge on any atom is 0.273 e. The third-order valence-corrected chi connectivity index (χ3v) is 5.44. The second-order valence-electron chi connectivity index (χ2n) is 6.24. The van der Waals surface area contributed by atoms with Gasteiger partial charge in [0.1, 0.15) is 11.5 Å². The van der Waals surface area contributed by atoms with E-state index in [9.17, 15) is 4.79 Å². The molecule has 3 heterocycles. The van der Waals surface area contributed by atoms with E-state index in [-0.39, 0.29) is 5.91 Å². The first-order valence-electron chi connectivity index (χ1n) is 8.39. The monoisotopic (exact) mass is 353 g/mol. The standard InChI is InChI=1S/C18H19N5OS/c1-12-20-17(22-21-12)14-7-9-23(10-8-14)18(24)15-16(25-11-19-15)13-5-3-2-4-6-13/h2-6,11,14H,7-10H2,1H3,(H,20,21,22). The quantitative estimate of drug-likeness (QED) is 0.784. The summed E-state index contributed by atoms with van der Waals surface area (Å²) < 4.78 is 0. The Morgan fingerprint density at radius 3 is 2.68 bits per heavy atom. The van der Waals surface area contributed by atoms with Gasteiger partial charge in [0.05, 0.1) is 10.4 Å². The van der Waals surface area contributed by atoms with Crippen molar-refractivity contribution >= 4 is 17.2 Å². The number of aryl methyl sites for hydroxylation is 1. The largest absolute Gasteiger partial charge is 0.337 e. The Balaban J connectivity index is 1.47. The van der Waals surface area contributed by atoms with Gasteiger partial charge < -0.3 is 4.90 Å². The Kier molecular flexibility index (Phi) is 4.31. The van der Waals surface area contributed by atoms with Crippen molar-refractivity contribution in [2.45, 2.75) is 25.7 Å². The van der Waals surface area contributed by atoms with Crippen molar-refractivity contribution in [3.63, 3.8) is 0 Å². The number of piperidine rings is 1. The zero-order chi connectivity index (χ0) is 17.2. The summed E-state index contributed by atoms with van der Waals surface area (Å²) in [6.45, 7) is 3.33. The van der Waals surface area contributed by atoms with Crippen LogP contribution in [0.3, 0.4) is 0 Å². The number of nitrogens with one attached hydrogen (secondary N) is 1. The first kappa shape index (κ1) is 16.0. The SMILES string of the molecule is Cc1nc(C2CCN(C(=O)c3ncsc3-c3ccccc3)CC2)n[nH]1. The lowest BCUT2D eigenvalue weighted by Gasteiger charge is -2.30. The van der Waals surface area contributed by atoms with Crippen LogP contribution in [0.4, 0.5) is 0 Å². The molecule has 0 radical (unpaired) electrons. The lowest BCUT2D eigenvalue weighted by molar-refractivity contribution is 0.0707. The normalized spacial score (nSPS) is 15.5. The smallest absolute Gasteiger partial charge is 0.273 e. The number of amides is 1. The van der Waals surface area contributed by atoms with E-state index in [0.717, 1.165) is 34.9 Å². The minimum absolute atomic E-state index is 0.0183. The molecule has 1 N–H and O–H groups in total. The summed E-state index contributed by atoms with van der Waals surface area (Å²) in [6, 6.07) is 9.97. The van der Waals surface area contributed by atoms with Crippen molar-refractivity contribution in [2.24, 2.45) is 0 Å². The first-order chi connectivity index (χ1) is 12.2. The molecule has 3 aromatic rings. The Labute approximate surface area is 149 Å². The number of hydrogen-bond donors (Lipinski definition) is 1. The molecule has 1 saturated heterocycles. The first-order valence-corrected chi connectivity index (χ1v) is 9.27. The Hall–Kier alpha value is -2.54. The molecule has 7 heteroatoms. The predicted octanol–water partition coefficient (Wildman–Crippen LogP) is 3.26. The van der Waals surface area contributed by atoms with Gasteiger partial charge in [0.2, 0.25) is 0 Å². The third kappa shape index (κ3) is 3.19. The van der Waals surface area contributed by atoms with Crippen molar-refractivity contribution in [3.8, 4) is 10.4 Å². The average molecular weight is 353 g/mol. The fourth-order valence-corrected chi connectivity index (χ4v) is 4.01. The number of carbonyl (C=O) groups is 1. The van der Waals surface area contributed by atoms with E-state index in [4.69, 9.17) is 0 Å². The van der Waals surface area contributed by atoms with Gasteiger partial charge in [-0.05, 0) is 25.3 Å². The van der Waals surface area contributed by atoms with Gasteiger partial charge >= 0.3 is 0 Å². The van der Waals surface area contributed by atoms with E-state index in [1.807, 2.05) is 42.2 Å². The molecule has 1 fully saturated rings. The van der Waals surface area contributed by atoms with Crippen molar-refractivity contribution in [2.75, 3.05) is 13.1 Å². The van der Waals surface area contributed by atoms with Crippen LogP contribution in [0.25, 0.3) is 10.4 Å². The molecule has 0 unspecified atom stereocenters. The highest BCUT2D eigenvalue weighted by Gasteiger charge is 2.29. The number of carbonyl (C=O) groups excluding carboxylic acids is 1. The Morgan fingerprint density at radius 1 is 1.24 bits per heavy atom. The molecular weight excluding hydrogens is 334 g/mol. The summed E-state index contributed by atoms with van der Waals surface area (Å²) in [6.07, 6.45) is 1.77. The number of H-pyrrole nitrogens is 1. The van der Waals surface area contributed by atoms with E-state index >= 15 is 0 Å². The number of aromatic amines is 1. The summed E-state index contributed by atoms with van der Waals surface area (Å²) in [4.78, 5) is 24.6. The number of hydrogen-bond acceptors (Lipinski definition) is 5. The van der Waals surface area contributed by atoms with Crippen LogP contribution >= 0.6 is 11.3 Å². The Bertz CT molecular complexity index is 864. The molecule has 0 aliphatic carbocycles. The van der Waals surface area contributed by atoms with Crippen LogP contribution in [0.1, 0.15) is 40.9 Å². The van der Waals surface area contributed by atoms with Gasteiger partial charge in [-0.15, -0.1) is 11.3 Å². The molecule has 0 spiro atoms. The van der Waals surface area contributed by atoms with Crippen molar-refractivity contribution in [3.05, 3.63) is 53.2 Å². The highest BCUT2D eigenvalue weighted by molar-refractivity contribution is 7.13. The summed E-state index contributed by atoms with van der Waals surface area (Å²) in [5, 5.41) is 7.16. The fraction of sp³-hybridized carbons (Fsp3) is 0.333. The summed E-state index contributed by atoms with van der Waals surface area (Å²) in [5.41, 5.74) is 3.35. The number of nitrogens with zero attached hydrogens (tertiary/aromatic N) is 4. The minimum Gasteiger partial charge on any atom is -0.337 e. The predicted molar refractivity (Wildman–Crippen MR) is 96.5 cm³/mol. The topological polar surface area (TPSA) is 74.8 Å². The Morgan fingerprint density at radius 2 is 2.00 bits per heavy atom. The van der Waals surface area contributed by atoms with E-state index in [1.165, 1.54) is 11.3 Å². The number of likely N-dealkylation sites (tertiary alicyclic amines) is 1. The van der Waals surface area contributed by atoms with Crippen LogP contribution < -0.4 is 0 Å². The van der Waals surface area contributed by atoms with E-state index in [1.54, 1.807) is 5.51 Å². The van der Waals surface area contributed by atoms with Crippen LogP contribution in [0.15, 0.2) is 35.8 Å². The lowest BCUT2D eigenvalue weighted by atomic mass is 9.96. The highest BCUT2D eigenvalue weighted by Crippen LogP contribution is 2.31. The maximum atomic E-state index is 12.9. The highest BCUT2D eigenvalue weighted by atomic mass is 32.1. The molecule has 25 heavy (non-hydrogen) atoms. The van der Waals surface area contributed by atoms with Crippen LogP contribution in [0.5, 0.6) is 0 Å². The van der Waals surface area contributed by atoms with Crippen LogP contribution in [-0.4, -0.2) is 44.1 Å². The molecule has 6 nitrogen and oxygen atoms in total. The van der Waals surface area contributed by atoms with Crippen molar-refractivity contribution in [1.82, 2.24) is 25.1 Å². The summed E-state index contributed by atoms with van der Waals surface area (Å²) in [5.74, 6) is 2.04. The molecule has 1 aromatic carbocycles. The molecule has 0 saturated carbocycles. The van der Waals surface area contributed by atoms with Crippen molar-refractivity contribution in [1.29, 1.82) is 0 Å². The van der Waals surface area contributed by atoms with Gasteiger partial charge in [0.15, 0.2) is 5.82 Å². The molecule has 0 atom stereocenters. The molecule has 1 amide bonds. The van der Waals surface area contributed by atoms with Gasteiger partial charge in [-0.1, -0.05) is 30.3 Å². The molecule has 1 aliphatic rings. The van der Waals surface area contributed by atoms with Crippen LogP contribution in [0, 0.1) is 6.92 Å². The number of rotatable bonds is 3. The van der Waals surface area contributed by atoms with E-state index < -0.39 is 0 Å². The fourth-order valence-electron chi connectivity index (χ4n) is 3.23. The van der Waals surface area contributed by atoms with E-state index in [2.05, 4.69) is 20.2 Å². The summed E-state index contributed by atoms with van der Waals surface area (Å²) >= 11 is 1.51. The zero-order valence-corrected chi connectivity index (χ0v) is 14.8. The zero-order valence-electron chi connectivity index (χ0n) is 14.0. The molecule has 128 valence electrons. The van der Waals surface area contributed by atoms with Gasteiger partial charge in [-0.2, -0.15) is 5.10 Å². The molecular formula is C18H19N5OS.